The van der Waals surface area contributed by atoms with Gasteiger partial charge in [-0.3, -0.25) is 9.36 Å². The van der Waals surface area contributed by atoms with E-state index in [4.69, 9.17) is 11.6 Å². The van der Waals surface area contributed by atoms with Gasteiger partial charge in [0.05, 0.1) is 21.6 Å². The summed E-state index contributed by atoms with van der Waals surface area (Å²) in [5.74, 6) is 0.736. The van der Waals surface area contributed by atoms with Crippen molar-refractivity contribution in [2.24, 2.45) is 0 Å². The topological polar surface area (TPSA) is 34.9 Å². The third-order valence-corrected chi connectivity index (χ3v) is 3.81. The maximum atomic E-state index is 12.9. The molecular formula is C17H15ClN2O. The monoisotopic (exact) mass is 298 g/mol. The molecule has 0 aliphatic rings. The van der Waals surface area contributed by atoms with Crippen molar-refractivity contribution in [3.8, 4) is 5.69 Å². The average Bonchev–Trinajstić information content (AvgIpc) is 2.46. The summed E-state index contributed by atoms with van der Waals surface area (Å²) in [6.07, 6.45) is 0.672. The normalized spacial score (nSPS) is 11.0. The number of benzene rings is 2. The van der Waals surface area contributed by atoms with Gasteiger partial charge in [-0.25, -0.2) is 4.98 Å². The highest BCUT2D eigenvalue weighted by Gasteiger charge is 2.13. The molecule has 0 aliphatic heterocycles. The van der Waals surface area contributed by atoms with Crippen LogP contribution >= 0.6 is 11.6 Å². The fourth-order valence-electron chi connectivity index (χ4n) is 2.51. The van der Waals surface area contributed by atoms with E-state index < -0.39 is 0 Å². The number of nitrogens with zero attached hydrogens (tertiary/aromatic N) is 2. The lowest BCUT2D eigenvalue weighted by atomic mass is 10.2. The van der Waals surface area contributed by atoms with Gasteiger partial charge in [-0.15, -0.1) is 0 Å². The molecule has 0 saturated carbocycles. The standard InChI is InChI=1S/C17H15ClN2O/c1-3-15-19-14-9-5-8-13(18)16(14)17(21)20(15)12-7-4-6-11(2)10-12/h4-10H,3H2,1-2H3. The Labute approximate surface area is 127 Å². The Morgan fingerprint density at radius 2 is 1.95 bits per heavy atom. The Hall–Kier alpha value is -2.13. The van der Waals surface area contributed by atoms with Crippen molar-refractivity contribution in [3.63, 3.8) is 0 Å². The van der Waals surface area contributed by atoms with E-state index in [1.54, 1.807) is 10.6 Å². The van der Waals surface area contributed by atoms with Gasteiger partial charge in [0.2, 0.25) is 0 Å². The summed E-state index contributed by atoms with van der Waals surface area (Å²) < 4.78 is 1.65. The average molecular weight is 299 g/mol. The number of hydrogen-bond acceptors (Lipinski definition) is 2. The van der Waals surface area contributed by atoms with Crippen molar-refractivity contribution < 1.29 is 0 Å². The zero-order valence-electron chi connectivity index (χ0n) is 11.9. The maximum absolute atomic E-state index is 12.9. The zero-order chi connectivity index (χ0) is 15.0. The first-order chi connectivity index (χ1) is 10.1. The van der Waals surface area contributed by atoms with Crippen molar-refractivity contribution in [1.29, 1.82) is 0 Å². The maximum Gasteiger partial charge on any atom is 0.267 e. The molecule has 2 aromatic carbocycles. The molecule has 3 rings (SSSR count). The van der Waals surface area contributed by atoms with Crippen LogP contribution in [0.5, 0.6) is 0 Å². The summed E-state index contributed by atoms with van der Waals surface area (Å²) in [6.45, 7) is 3.99. The van der Waals surface area contributed by atoms with E-state index in [2.05, 4.69) is 4.98 Å². The van der Waals surface area contributed by atoms with Crippen LogP contribution in [-0.4, -0.2) is 9.55 Å². The fraction of sp³-hybridized carbons (Fsp3) is 0.176. The summed E-state index contributed by atoms with van der Waals surface area (Å²) in [5.41, 5.74) is 2.45. The lowest BCUT2D eigenvalue weighted by Gasteiger charge is -2.13. The van der Waals surface area contributed by atoms with E-state index in [-0.39, 0.29) is 5.56 Å². The number of halogens is 1. The molecule has 0 amide bonds. The second kappa shape index (κ2) is 5.34. The minimum atomic E-state index is -0.118. The molecule has 3 nitrogen and oxygen atoms in total. The minimum Gasteiger partial charge on any atom is -0.268 e. The molecule has 0 unspecified atom stereocenters. The van der Waals surface area contributed by atoms with Crippen molar-refractivity contribution in [3.05, 3.63) is 69.2 Å². The molecule has 0 N–H and O–H groups in total. The van der Waals surface area contributed by atoms with Crippen molar-refractivity contribution in [2.75, 3.05) is 0 Å². The molecule has 0 saturated heterocycles. The van der Waals surface area contributed by atoms with E-state index in [9.17, 15) is 4.79 Å². The van der Waals surface area contributed by atoms with Crippen LogP contribution in [0, 0.1) is 6.92 Å². The molecule has 0 bridgehead atoms. The quantitative estimate of drug-likeness (QED) is 0.719. The highest BCUT2D eigenvalue weighted by atomic mass is 35.5. The van der Waals surface area contributed by atoms with E-state index in [0.29, 0.717) is 22.3 Å². The van der Waals surface area contributed by atoms with Crippen LogP contribution in [0.1, 0.15) is 18.3 Å². The third kappa shape index (κ3) is 2.34. The van der Waals surface area contributed by atoms with Gasteiger partial charge in [0.25, 0.3) is 5.56 Å². The molecule has 0 fully saturated rings. The first-order valence-electron chi connectivity index (χ1n) is 6.89. The van der Waals surface area contributed by atoms with Crippen molar-refractivity contribution >= 4 is 22.5 Å². The van der Waals surface area contributed by atoms with E-state index in [1.807, 2.05) is 50.2 Å². The van der Waals surface area contributed by atoms with Crippen LogP contribution < -0.4 is 5.56 Å². The van der Waals surface area contributed by atoms with Crippen LogP contribution in [0.3, 0.4) is 0 Å². The van der Waals surface area contributed by atoms with Gasteiger partial charge in [-0.1, -0.05) is 36.7 Å². The molecule has 1 aromatic heterocycles. The van der Waals surface area contributed by atoms with Gasteiger partial charge in [-0.05, 0) is 36.8 Å². The van der Waals surface area contributed by atoms with E-state index in [0.717, 1.165) is 17.1 Å². The summed E-state index contributed by atoms with van der Waals surface area (Å²) >= 11 is 6.20. The summed E-state index contributed by atoms with van der Waals surface area (Å²) in [4.78, 5) is 17.5. The second-order valence-electron chi connectivity index (χ2n) is 5.00. The largest absolute Gasteiger partial charge is 0.268 e. The number of rotatable bonds is 2. The lowest BCUT2D eigenvalue weighted by Crippen LogP contribution is -2.24. The molecule has 4 heteroatoms. The molecular weight excluding hydrogens is 284 g/mol. The Balaban J connectivity index is 2.44. The Bertz CT molecular complexity index is 884. The smallest absolute Gasteiger partial charge is 0.267 e. The second-order valence-corrected chi connectivity index (χ2v) is 5.40. The predicted molar refractivity (Wildman–Crippen MR) is 86.5 cm³/mol. The third-order valence-electron chi connectivity index (χ3n) is 3.49. The van der Waals surface area contributed by atoms with E-state index >= 15 is 0 Å². The number of aromatic nitrogens is 2. The van der Waals surface area contributed by atoms with Gasteiger partial charge in [0.15, 0.2) is 0 Å². The van der Waals surface area contributed by atoms with Crippen LogP contribution in [0.2, 0.25) is 5.02 Å². The Morgan fingerprint density at radius 3 is 2.67 bits per heavy atom. The number of hydrogen-bond donors (Lipinski definition) is 0. The highest BCUT2D eigenvalue weighted by Crippen LogP contribution is 2.20. The Kier molecular flexibility index (Phi) is 3.52. The molecule has 106 valence electrons. The zero-order valence-corrected chi connectivity index (χ0v) is 12.7. The molecule has 0 atom stereocenters. The van der Waals surface area contributed by atoms with Gasteiger partial charge >= 0.3 is 0 Å². The van der Waals surface area contributed by atoms with Crippen LogP contribution in [-0.2, 0) is 6.42 Å². The number of fused-ring (bicyclic) bond motifs is 1. The van der Waals surface area contributed by atoms with Crippen molar-refractivity contribution in [2.45, 2.75) is 20.3 Å². The van der Waals surface area contributed by atoms with Gasteiger partial charge < -0.3 is 0 Å². The van der Waals surface area contributed by atoms with Crippen LogP contribution in [0.25, 0.3) is 16.6 Å². The molecule has 0 aliphatic carbocycles. The minimum absolute atomic E-state index is 0.118. The summed E-state index contributed by atoms with van der Waals surface area (Å²) in [6, 6.07) is 13.2. The van der Waals surface area contributed by atoms with Gasteiger partial charge in [0.1, 0.15) is 5.82 Å². The van der Waals surface area contributed by atoms with E-state index in [1.165, 1.54) is 0 Å². The Morgan fingerprint density at radius 1 is 1.19 bits per heavy atom. The van der Waals surface area contributed by atoms with Crippen LogP contribution in [0.15, 0.2) is 47.3 Å². The van der Waals surface area contributed by atoms with Gasteiger partial charge in [-0.2, -0.15) is 0 Å². The van der Waals surface area contributed by atoms with Crippen LogP contribution in [0.4, 0.5) is 0 Å². The number of aryl methyl sites for hydroxylation is 2. The molecule has 0 spiro atoms. The molecule has 3 aromatic rings. The van der Waals surface area contributed by atoms with Gasteiger partial charge in [0, 0.05) is 6.42 Å². The highest BCUT2D eigenvalue weighted by molar-refractivity contribution is 6.35. The molecule has 21 heavy (non-hydrogen) atoms. The summed E-state index contributed by atoms with van der Waals surface area (Å²) in [5, 5.41) is 0.909. The lowest BCUT2D eigenvalue weighted by molar-refractivity contribution is 0.832. The fourth-order valence-corrected chi connectivity index (χ4v) is 2.76. The molecule has 1 heterocycles. The molecule has 0 radical (unpaired) electrons. The first kappa shape index (κ1) is 13.8. The summed E-state index contributed by atoms with van der Waals surface area (Å²) in [7, 11) is 0. The SMILES string of the molecule is CCc1nc2cccc(Cl)c2c(=O)n1-c1cccc(C)c1. The van der Waals surface area contributed by atoms with Crippen molar-refractivity contribution in [1.82, 2.24) is 9.55 Å². The predicted octanol–water partition coefficient (Wildman–Crippen LogP) is 3.91. The first-order valence-corrected chi connectivity index (χ1v) is 7.27.